The molecule has 0 aliphatic carbocycles. The van der Waals surface area contributed by atoms with Gasteiger partial charge in [0.25, 0.3) is 0 Å². The van der Waals surface area contributed by atoms with Crippen LogP contribution in [0.5, 0.6) is 0 Å². The quantitative estimate of drug-likeness (QED) is 0.842. The third kappa shape index (κ3) is 3.96. The Bertz CT molecular complexity index is 385. The number of likely N-dealkylation sites (tertiary alicyclic amines) is 1. The van der Waals surface area contributed by atoms with Gasteiger partial charge >= 0.3 is 6.03 Å². The molecule has 0 bridgehead atoms. The van der Waals surface area contributed by atoms with Gasteiger partial charge < -0.3 is 19.9 Å². The number of aliphatic hydroxyl groups excluding tert-OH is 1. The van der Waals surface area contributed by atoms with Crippen molar-refractivity contribution in [3.63, 3.8) is 0 Å². The lowest BCUT2D eigenvalue weighted by Gasteiger charge is -2.32. The summed E-state index contributed by atoms with van der Waals surface area (Å²) >= 11 is 0. The van der Waals surface area contributed by atoms with Crippen LogP contribution in [-0.4, -0.2) is 51.3 Å². The highest BCUT2D eigenvalue weighted by Crippen LogP contribution is 2.16. The van der Waals surface area contributed by atoms with Crippen molar-refractivity contribution in [1.82, 2.24) is 19.8 Å². The molecular formula is C13H22N4O2. The summed E-state index contributed by atoms with van der Waals surface area (Å²) in [6, 6.07) is 0.0567. The Kier molecular flexibility index (Phi) is 4.79. The molecule has 2 rings (SSSR count). The molecule has 106 valence electrons. The molecule has 1 aliphatic heterocycles. The number of nitrogens with one attached hydrogen (secondary N) is 1. The smallest absolute Gasteiger partial charge is 0.317 e. The van der Waals surface area contributed by atoms with Gasteiger partial charge in [0.1, 0.15) is 0 Å². The topological polar surface area (TPSA) is 70.4 Å². The monoisotopic (exact) mass is 266 g/mol. The number of urea groups is 1. The van der Waals surface area contributed by atoms with Crippen molar-refractivity contribution < 1.29 is 9.90 Å². The molecule has 0 spiro atoms. The zero-order valence-corrected chi connectivity index (χ0v) is 11.3. The molecule has 0 radical (unpaired) electrons. The minimum absolute atomic E-state index is 0.0102. The lowest BCUT2D eigenvalue weighted by Crippen LogP contribution is -2.48. The van der Waals surface area contributed by atoms with Crippen molar-refractivity contribution >= 4 is 6.03 Å². The van der Waals surface area contributed by atoms with E-state index in [1.54, 1.807) is 12.5 Å². The zero-order chi connectivity index (χ0) is 13.7. The number of imidazole rings is 1. The first-order chi connectivity index (χ1) is 9.19. The fourth-order valence-corrected chi connectivity index (χ4v) is 2.38. The van der Waals surface area contributed by atoms with Crippen LogP contribution in [0.15, 0.2) is 18.7 Å². The van der Waals surface area contributed by atoms with E-state index in [4.69, 9.17) is 5.11 Å². The second-order valence-corrected chi connectivity index (χ2v) is 5.22. The van der Waals surface area contributed by atoms with E-state index in [1.807, 2.05) is 22.6 Å². The number of hydrogen-bond donors (Lipinski definition) is 2. The number of nitrogens with zero attached hydrogens (tertiary/aromatic N) is 3. The highest BCUT2D eigenvalue weighted by Gasteiger charge is 2.22. The lowest BCUT2D eigenvalue weighted by molar-refractivity contribution is 0.135. The maximum absolute atomic E-state index is 12.1. The minimum Gasteiger partial charge on any atom is -0.396 e. The molecule has 6 heteroatoms. The van der Waals surface area contributed by atoms with Crippen LogP contribution in [-0.2, 0) is 6.54 Å². The Hall–Kier alpha value is -1.56. The van der Waals surface area contributed by atoms with Crippen molar-refractivity contribution in [3.05, 3.63) is 18.7 Å². The molecule has 1 saturated heterocycles. The summed E-state index contributed by atoms with van der Waals surface area (Å²) in [6.07, 6.45) is 7.14. The molecule has 6 nitrogen and oxygen atoms in total. The third-order valence-corrected chi connectivity index (χ3v) is 3.57. The Balaban J connectivity index is 1.74. The molecule has 1 aromatic rings. The number of carbonyl (C=O) groups is 1. The van der Waals surface area contributed by atoms with Crippen molar-refractivity contribution in [2.75, 3.05) is 19.7 Å². The van der Waals surface area contributed by atoms with E-state index in [0.717, 1.165) is 32.5 Å². The number of rotatable bonds is 4. The van der Waals surface area contributed by atoms with Crippen molar-refractivity contribution in [2.24, 2.45) is 5.92 Å². The van der Waals surface area contributed by atoms with E-state index in [-0.39, 0.29) is 18.7 Å². The molecule has 0 unspecified atom stereocenters. The summed E-state index contributed by atoms with van der Waals surface area (Å²) in [5, 5.41) is 12.1. The van der Waals surface area contributed by atoms with Gasteiger partial charge in [-0.25, -0.2) is 9.78 Å². The van der Waals surface area contributed by atoms with Crippen LogP contribution in [0.3, 0.4) is 0 Å². The zero-order valence-electron chi connectivity index (χ0n) is 11.3. The van der Waals surface area contributed by atoms with E-state index in [0.29, 0.717) is 5.92 Å². The molecule has 1 fully saturated rings. The summed E-state index contributed by atoms with van der Waals surface area (Å²) in [5.41, 5.74) is 0. The average molecular weight is 266 g/mol. The van der Waals surface area contributed by atoms with Gasteiger partial charge in [0.2, 0.25) is 0 Å². The summed E-state index contributed by atoms with van der Waals surface area (Å²) in [6.45, 7) is 4.40. The Morgan fingerprint density at radius 1 is 1.53 bits per heavy atom. The van der Waals surface area contributed by atoms with Gasteiger partial charge in [-0.1, -0.05) is 0 Å². The van der Waals surface area contributed by atoms with Gasteiger partial charge in [-0.05, 0) is 25.7 Å². The number of aromatic nitrogens is 2. The molecule has 1 aromatic heterocycles. The van der Waals surface area contributed by atoms with Gasteiger partial charge in [0, 0.05) is 44.7 Å². The van der Waals surface area contributed by atoms with Gasteiger partial charge in [0.15, 0.2) is 0 Å². The Labute approximate surface area is 113 Å². The highest BCUT2D eigenvalue weighted by atomic mass is 16.3. The van der Waals surface area contributed by atoms with Gasteiger partial charge in [-0.2, -0.15) is 0 Å². The van der Waals surface area contributed by atoms with Gasteiger partial charge in [0.05, 0.1) is 6.33 Å². The second kappa shape index (κ2) is 6.56. The maximum atomic E-state index is 12.1. The standard InChI is InChI=1S/C13H22N4O2/c1-11(8-16-7-4-14-10-16)15-13(19)17-5-2-12(9-18)3-6-17/h4,7,10-12,18H,2-3,5-6,8-9H2,1H3,(H,15,19)/t11-/m0/s1. The van der Waals surface area contributed by atoms with E-state index in [1.165, 1.54) is 0 Å². The van der Waals surface area contributed by atoms with E-state index >= 15 is 0 Å². The summed E-state index contributed by atoms with van der Waals surface area (Å²) in [4.78, 5) is 17.9. The molecule has 1 aliphatic rings. The summed E-state index contributed by atoms with van der Waals surface area (Å²) < 4.78 is 1.95. The summed E-state index contributed by atoms with van der Waals surface area (Å²) in [7, 11) is 0. The molecule has 2 amide bonds. The molecule has 0 saturated carbocycles. The molecule has 19 heavy (non-hydrogen) atoms. The van der Waals surface area contributed by atoms with Crippen LogP contribution in [0.4, 0.5) is 4.79 Å². The number of hydrogen-bond acceptors (Lipinski definition) is 3. The van der Waals surface area contributed by atoms with Crippen molar-refractivity contribution in [1.29, 1.82) is 0 Å². The average Bonchev–Trinajstić information content (AvgIpc) is 2.91. The van der Waals surface area contributed by atoms with Crippen LogP contribution < -0.4 is 5.32 Å². The fourth-order valence-electron chi connectivity index (χ4n) is 2.38. The summed E-state index contributed by atoms with van der Waals surface area (Å²) in [5.74, 6) is 0.354. The van der Waals surface area contributed by atoms with Crippen LogP contribution in [0, 0.1) is 5.92 Å². The van der Waals surface area contributed by atoms with Gasteiger partial charge in [-0.15, -0.1) is 0 Å². The predicted octanol–water partition coefficient (Wildman–Crippen LogP) is 0.685. The lowest BCUT2D eigenvalue weighted by atomic mass is 9.98. The second-order valence-electron chi connectivity index (χ2n) is 5.22. The van der Waals surface area contributed by atoms with Crippen LogP contribution in [0.2, 0.25) is 0 Å². The van der Waals surface area contributed by atoms with Crippen LogP contribution in [0.1, 0.15) is 19.8 Å². The first-order valence-corrected chi connectivity index (χ1v) is 6.81. The molecule has 0 aromatic carbocycles. The number of amides is 2. The predicted molar refractivity (Wildman–Crippen MR) is 71.6 cm³/mol. The van der Waals surface area contributed by atoms with E-state index in [2.05, 4.69) is 10.3 Å². The van der Waals surface area contributed by atoms with Crippen LogP contribution >= 0.6 is 0 Å². The fraction of sp³-hybridized carbons (Fsp3) is 0.692. The van der Waals surface area contributed by atoms with Gasteiger partial charge in [-0.3, -0.25) is 0 Å². The van der Waals surface area contributed by atoms with Crippen molar-refractivity contribution in [3.8, 4) is 0 Å². The molecule has 2 N–H and O–H groups in total. The molecule has 2 heterocycles. The minimum atomic E-state index is -0.0102. The van der Waals surface area contributed by atoms with E-state index in [9.17, 15) is 4.79 Å². The highest BCUT2D eigenvalue weighted by molar-refractivity contribution is 5.74. The largest absolute Gasteiger partial charge is 0.396 e. The normalized spacial score (nSPS) is 18.3. The number of carbonyl (C=O) groups excluding carboxylic acids is 1. The SMILES string of the molecule is C[C@@H](Cn1ccnc1)NC(=O)N1CCC(CO)CC1. The molecular weight excluding hydrogens is 244 g/mol. The number of aliphatic hydroxyl groups is 1. The first-order valence-electron chi connectivity index (χ1n) is 6.81. The van der Waals surface area contributed by atoms with Crippen molar-refractivity contribution in [2.45, 2.75) is 32.4 Å². The van der Waals surface area contributed by atoms with E-state index < -0.39 is 0 Å². The van der Waals surface area contributed by atoms with Crippen LogP contribution in [0.25, 0.3) is 0 Å². The Morgan fingerprint density at radius 2 is 2.26 bits per heavy atom. The Morgan fingerprint density at radius 3 is 2.84 bits per heavy atom. The number of piperidine rings is 1. The molecule has 1 atom stereocenters. The third-order valence-electron chi connectivity index (χ3n) is 3.57. The first kappa shape index (κ1) is 13.9. The maximum Gasteiger partial charge on any atom is 0.317 e.